The van der Waals surface area contributed by atoms with Crippen molar-refractivity contribution in [3.05, 3.63) is 52.7 Å². The van der Waals surface area contributed by atoms with Crippen LogP contribution in [0.2, 0.25) is 0 Å². The highest BCUT2D eigenvalue weighted by Gasteiger charge is 2.20. The van der Waals surface area contributed by atoms with E-state index >= 15 is 0 Å². The van der Waals surface area contributed by atoms with Gasteiger partial charge in [-0.15, -0.1) is 11.3 Å². The van der Waals surface area contributed by atoms with E-state index in [2.05, 4.69) is 4.72 Å². The molecule has 0 radical (unpaired) electrons. The van der Waals surface area contributed by atoms with E-state index in [4.69, 9.17) is 0 Å². The van der Waals surface area contributed by atoms with Gasteiger partial charge in [-0.2, -0.15) is 0 Å². The van der Waals surface area contributed by atoms with Gasteiger partial charge in [0.15, 0.2) is 0 Å². The van der Waals surface area contributed by atoms with Crippen LogP contribution in [-0.2, 0) is 32.3 Å². The molecular weight excluding hydrogens is 375 g/mol. The summed E-state index contributed by atoms with van der Waals surface area (Å²) >= 11 is 1.01. The third-order valence-electron chi connectivity index (χ3n) is 3.11. The van der Waals surface area contributed by atoms with Gasteiger partial charge in [0.05, 0.1) is 5.75 Å². The lowest BCUT2D eigenvalue weighted by atomic mass is 10.2. The van der Waals surface area contributed by atoms with Crippen LogP contribution in [0.3, 0.4) is 0 Å². The Kier molecular flexibility index (Phi) is 5.76. The molecule has 24 heavy (non-hydrogen) atoms. The van der Waals surface area contributed by atoms with Crippen LogP contribution >= 0.6 is 11.3 Å². The highest BCUT2D eigenvalue weighted by Crippen LogP contribution is 2.23. The first-order valence-corrected chi connectivity index (χ1v) is 10.7. The van der Waals surface area contributed by atoms with E-state index in [1.807, 2.05) is 0 Å². The van der Waals surface area contributed by atoms with Gasteiger partial charge in [0.2, 0.25) is 10.0 Å². The first-order valence-electron chi connectivity index (χ1n) is 6.83. The van der Waals surface area contributed by atoms with Crippen LogP contribution in [0.15, 0.2) is 40.6 Å². The summed E-state index contributed by atoms with van der Waals surface area (Å²) in [5, 5.41) is 0. The van der Waals surface area contributed by atoms with Crippen LogP contribution in [-0.4, -0.2) is 35.2 Å². The molecular formula is C14H17FN2O4S3. The normalized spacial score (nSPS) is 12.7. The number of thiophene rings is 1. The molecule has 0 aliphatic heterocycles. The molecule has 1 aromatic carbocycles. The molecule has 0 saturated heterocycles. The molecule has 0 spiro atoms. The molecule has 0 atom stereocenters. The van der Waals surface area contributed by atoms with Crippen molar-refractivity contribution in [2.24, 2.45) is 0 Å². The molecule has 0 bridgehead atoms. The summed E-state index contributed by atoms with van der Waals surface area (Å²) in [7, 11) is -4.28. The summed E-state index contributed by atoms with van der Waals surface area (Å²) in [6.45, 7) is -0.00283. The van der Waals surface area contributed by atoms with E-state index in [9.17, 15) is 21.2 Å². The molecule has 0 unspecified atom stereocenters. The van der Waals surface area contributed by atoms with Gasteiger partial charge in [-0.25, -0.2) is 30.3 Å². The summed E-state index contributed by atoms with van der Waals surface area (Å²) in [5.41, 5.74) is 0.464. The van der Waals surface area contributed by atoms with Crippen molar-refractivity contribution in [1.82, 2.24) is 9.03 Å². The third-order valence-corrected chi connectivity index (χ3v) is 7.77. The van der Waals surface area contributed by atoms with Crippen LogP contribution < -0.4 is 4.72 Å². The molecule has 1 aromatic heterocycles. The van der Waals surface area contributed by atoms with E-state index < -0.39 is 25.9 Å². The predicted molar refractivity (Wildman–Crippen MR) is 91.1 cm³/mol. The van der Waals surface area contributed by atoms with Gasteiger partial charge >= 0.3 is 0 Å². The van der Waals surface area contributed by atoms with Crippen molar-refractivity contribution in [3.8, 4) is 0 Å². The monoisotopic (exact) mass is 392 g/mol. The summed E-state index contributed by atoms with van der Waals surface area (Å²) < 4.78 is 64.5. The van der Waals surface area contributed by atoms with Crippen LogP contribution in [0.1, 0.15) is 10.4 Å². The Morgan fingerprint density at radius 3 is 2.25 bits per heavy atom. The summed E-state index contributed by atoms with van der Waals surface area (Å²) in [4.78, 5) is 0.582. The molecule has 0 amide bonds. The number of halogens is 1. The number of hydrogen-bond acceptors (Lipinski definition) is 5. The molecule has 0 aliphatic rings. The zero-order valence-corrected chi connectivity index (χ0v) is 15.5. The van der Waals surface area contributed by atoms with E-state index in [-0.39, 0.29) is 16.5 Å². The van der Waals surface area contributed by atoms with Gasteiger partial charge < -0.3 is 0 Å². The van der Waals surface area contributed by atoms with Gasteiger partial charge in [0, 0.05) is 25.5 Å². The fourth-order valence-electron chi connectivity index (χ4n) is 1.80. The minimum absolute atomic E-state index is 0.00283. The maximum Gasteiger partial charge on any atom is 0.252 e. The number of sulfonamides is 2. The first kappa shape index (κ1) is 19.0. The minimum atomic E-state index is -3.61. The van der Waals surface area contributed by atoms with E-state index in [0.717, 1.165) is 15.6 Å². The summed E-state index contributed by atoms with van der Waals surface area (Å²) in [6.07, 6.45) is 0. The lowest BCUT2D eigenvalue weighted by Gasteiger charge is -2.08. The number of hydrogen-bond donors (Lipinski definition) is 1. The molecule has 6 nitrogen and oxygen atoms in total. The molecule has 0 fully saturated rings. The quantitative estimate of drug-likeness (QED) is 0.778. The van der Waals surface area contributed by atoms with Crippen LogP contribution in [0.4, 0.5) is 4.39 Å². The average molecular weight is 392 g/mol. The Labute approximate surface area is 145 Å². The zero-order valence-electron chi connectivity index (χ0n) is 13.1. The highest BCUT2D eigenvalue weighted by atomic mass is 32.2. The molecule has 1 heterocycles. The molecule has 0 saturated carbocycles. The van der Waals surface area contributed by atoms with Crippen molar-refractivity contribution < 1.29 is 21.2 Å². The van der Waals surface area contributed by atoms with Crippen LogP contribution in [0.5, 0.6) is 0 Å². The molecule has 2 rings (SSSR count). The Hall–Kier alpha value is -1.33. The second kappa shape index (κ2) is 7.28. The topological polar surface area (TPSA) is 83.6 Å². The Morgan fingerprint density at radius 1 is 1.04 bits per heavy atom. The zero-order chi connectivity index (χ0) is 18.0. The molecule has 2 aromatic rings. The molecule has 132 valence electrons. The maximum absolute atomic E-state index is 12.8. The fraction of sp³-hybridized carbons (Fsp3) is 0.286. The highest BCUT2D eigenvalue weighted by molar-refractivity contribution is 7.91. The number of benzene rings is 1. The number of rotatable bonds is 7. The summed E-state index contributed by atoms with van der Waals surface area (Å²) in [5.74, 6) is -0.709. The van der Waals surface area contributed by atoms with Crippen molar-refractivity contribution in [2.75, 3.05) is 14.1 Å². The summed E-state index contributed by atoms with van der Waals surface area (Å²) in [6, 6.07) is 8.22. The van der Waals surface area contributed by atoms with Gasteiger partial charge in [-0.3, -0.25) is 0 Å². The Morgan fingerprint density at radius 2 is 1.67 bits per heavy atom. The molecule has 0 aliphatic carbocycles. The Bertz CT molecular complexity index is 904. The van der Waals surface area contributed by atoms with Crippen LogP contribution in [0, 0.1) is 5.82 Å². The fourth-order valence-corrected chi connectivity index (χ4v) is 5.47. The number of nitrogens with zero attached hydrogens (tertiary/aromatic N) is 1. The smallest absolute Gasteiger partial charge is 0.212 e. The van der Waals surface area contributed by atoms with Crippen molar-refractivity contribution in [3.63, 3.8) is 0 Å². The minimum Gasteiger partial charge on any atom is -0.212 e. The van der Waals surface area contributed by atoms with Crippen LogP contribution in [0.25, 0.3) is 0 Å². The Balaban J connectivity index is 2.02. The second-order valence-corrected chi connectivity index (χ2v) is 10.6. The second-order valence-electron chi connectivity index (χ2n) is 5.21. The SMILES string of the molecule is CN(C)S(=O)(=O)c1ccc(CNS(=O)(=O)Cc2ccc(F)cc2)s1. The molecule has 1 N–H and O–H groups in total. The number of nitrogens with one attached hydrogen (secondary N) is 1. The van der Waals surface area contributed by atoms with Gasteiger partial charge in [0.25, 0.3) is 10.0 Å². The van der Waals surface area contributed by atoms with Crippen molar-refractivity contribution in [1.29, 1.82) is 0 Å². The lowest BCUT2D eigenvalue weighted by molar-refractivity contribution is 0.523. The van der Waals surface area contributed by atoms with E-state index in [1.54, 1.807) is 6.07 Å². The van der Waals surface area contributed by atoms with Crippen molar-refractivity contribution in [2.45, 2.75) is 16.5 Å². The van der Waals surface area contributed by atoms with Gasteiger partial charge in [-0.1, -0.05) is 12.1 Å². The maximum atomic E-state index is 12.8. The average Bonchev–Trinajstić information content (AvgIpc) is 2.97. The lowest BCUT2D eigenvalue weighted by Crippen LogP contribution is -2.24. The van der Waals surface area contributed by atoms with Gasteiger partial charge in [-0.05, 0) is 29.8 Å². The van der Waals surface area contributed by atoms with E-state index in [0.29, 0.717) is 10.4 Å². The molecule has 10 heteroatoms. The standard InChI is InChI=1S/C14H17FN2O4S3/c1-17(2)24(20,21)14-8-7-13(22-14)9-16-23(18,19)10-11-3-5-12(15)6-4-11/h3-8,16H,9-10H2,1-2H3. The predicted octanol–water partition coefficient (Wildman–Crippen LogP) is 1.76. The van der Waals surface area contributed by atoms with E-state index in [1.165, 1.54) is 44.4 Å². The first-order chi connectivity index (χ1) is 11.1. The third kappa shape index (κ3) is 4.84. The van der Waals surface area contributed by atoms with Crippen molar-refractivity contribution >= 4 is 31.4 Å². The largest absolute Gasteiger partial charge is 0.252 e. The van der Waals surface area contributed by atoms with Gasteiger partial charge in [0.1, 0.15) is 10.0 Å².